The molecule has 29 heavy (non-hydrogen) atoms. The van der Waals surface area contributed by atoms with Gasteiger partial charge in [0.15, 0.2) is 0 Å². The van der Waals surface area contributed by atoms with Crippen LogP contribution in [0.25, 0.3) is 10.9 Å². The molecule has 2 aromatic rings. The molecule has 0 N–H and O–H groups in total. The van der Waals surface area contributed by atoms with Crippen molar-refractivity contribution in [1.29, 1.82) is 0 Å². The van der Waals surface area contributed by atoms with Gasteiger partial charge in [-0.05, 0) is 37.7 Å². The molecule has 2 aliphatic heterocycles. The third-order valence-electron chi connectivity index (χ3n) is 6.96. The van der Waals surface area contributed by atoms with E-state index >= 15 is 0 Å². The van der Waals surface area contributed by atoms with Crippen molar-refractivity contribution in [2.45, 2.75) is 64.5 Å². The highest BCUT2D eigenvalue weighted by atomic mass is 16.2. The van der Waals surface area contributed by atoms with E-state index in [1.165, 1.54) is 25.7 Å². The molecule has 152 valence electrons. The fourth-order valence-electron chi connectivity index (χ4n) is 5.42. The van der Waals surface area contributed by atoms with E-state index in [9.17, 15) is 9.59 Å². The minimum atomic E-state index is 0.0127. The summed E-state index contributed by atoms with van der Waals surface area (Å²) in [5.74, 6) is 0.609. The van der Waals surface area contributed by atoms with E-state index in [-0.39, 0.29) is 17.9 Å². The number of pyridine rings is 1. The topological polar surface area (TPSA) is 53.5 Å². The van der Waals surface area contributed by atoms with Gasteiger partial charge >= 0.3 is 0 Å². The molecule has 5 nitrogen and oxygen atoms in total. The average molecular weight is 392 g/mol. The Labute approximate surface area is 172 Å². The number of nitrogens with zero attached hydrogens (tertiary/aromatic N) is 3. The molecule has 1 saturated carbocycles. The van der Waals surface area contributed by atoms with E-state index in [2.05, 4.69) is 6.92 Å². The van der Waals surface area contributed by atoms with Crippen LogP contribution in [0.15, 0.2) is 24.3 Å². The Morgan fingerprint density at radius 2 is 1.86 bits per heavy atom. The number of aromatic nitrogens is 1. The van der Waals surface area contributed by atoms with E-state index in [0.29, 0.717) is 23.7 Å². The van der Waals surface area contributed by atoms with E-state index in [0.717, 1.165) is 48.8 Å². The van der Waals surface area contributed by atoms with Crippen LogP contribution in [-0.2, 0) is 6.54 Å². The van der Waals surface area contributed by atoms with Crippen LogP contribution in [0.3, 0.4) is 0 Å². The molecule has 3 aliphatic rings. The molecule has 1 aromatic heterocycles. The maximum atomic E-state index is 13.7. The number of carbonyl (C=O) groups is 2. The van der Waals surface area contributed by atoms with Gasteiger partial charge < -0.3 is 9.80 Å². The summed E-state index contributed by atoms with van der Waals surface area (Å²) in [6.45, 7) is 4.34. The summed E-state index contributed by atoms with van der Waals surface area (Å²) < 4.78 is 0. The van der Waals surface area contributed by atoms with Crippen molar-refractivity contribution in [1.82, 2.24) is 14.8 Å². The average Bonchev–Trinajstić information content (AvgIpc) is 3.08. The zero-order valence-electron chi connectivity index (χ0n) is 17.2. The molecular weight excluding hydrogens is 362 g/mol. The van der Waals surface area contributed by atoms with Crippen LogP contribution in [0.5, 0.6) is 0 Å². The quantitative estimate of drug-likeness (QED) is 0.763. The van der Waals surface area contributed by atoms with Crippen LogP contribution >= 0.6 is 0 Å². The smallest absolute Gasteiger partial charge is 0.273 e. The maximum Gasteiger partial charge on any atom is 0.273 e. The van der Waals surface area contributed by atoms with Crippen molar-refractivity contribution in [2.75, 3.05) is 13.1 Å². The number of benzene rings is 1. The summed E-state index contributed by atoms with van der Waals surface area (Å²) in [5, 5.41) is 0.882. The summed E-state index contributed by atoms with van der Waals surface area (Å²) in [5.41, 5.74) is 2.81. The van der Waals surface area contributed by atoms with Crippen LogP contribution in [0, 0.1) is 5.92 Å². The van der Waals surface area contributed by atoms with Crippen molar-refractivity contribution in [2.24, 2.45) is 5.92 Å². The van der Waals surface area contributed by atoms with E-state index in [4.69, 9.17) is 4.98 Å². The Morgan fingerprint density at radius 3 is 2.66 bits per heavy atom. The van der Waals surface area contributed by atoms with Gasteiger partial charge in [0.2, 0.25) is 0 Å². The van der Waals surface area contributed by atoms with Gasteiger partial charge in [0, 0.05) is 36.6 Å². The molecule has 1 atom stereocenters. The first-order valence-electron chi connectivity index (χ1n) is 11.2. The number of para-hydroxylation sites is 1. The lowest BCUT2D eigenvalue weighted by atomic mass is 9.94. The number of piperidine rings is 1. The van der Waals surface area contributed by atoms with Gasteiger partial charge in [0.05, 0.1) is 11.1 Å². The molecule has 0 unspecified atom stereocenters. The monoisotopic (exact) mass is 391 g/mol. The predicted octanol–water partition coefficient (Wildman–Crippen LogP) is 4.40. The lowest BCUT2D eigenvalue weighted by Gasteiger charge is -2.32. The molecule has 2 amide bonds. The highest BCUT2D eigenvalue weighted by molar-refractivity contribution is 6.11. The van der Waals surface area contributed by atoms with Crippen LogP contribution in [0.2, 0.25) is 0 Å². The molecule has 5 heteroatoms. The molecular formula is C24H29N3O2. The second-order valence-corrected chi connectivity index (χ2v) is 9.05. The molecule has 2 fully saturated rings. The van der Waals surface area contributed by atoms with Crippen molar-refractivity contribution >= 4 is 22.7 Å². The second kappa shape index (κ2) is 7.43. The zero-order valence-corrected chi connectivity index (χ0v) is 17.2. The van der Waals surface area contributed by atoms with Crippen molar-refractivity contribution in [3.63, 3.8) is 0 Å². The SMILES string of the molecule is C[C@H]1CCCN(C(=O)c2c3c(nc4ccccc24)C(=O)N(C2CCCCC2)C3)C1. The molecule has 1 aliphatic carbocycles. The Kier molecular flexibility index (Phi) is 4.76. The number of rotatable bonds is 2. The van der Waals surface area contributed by atoms with Gasteiger partial charge in [0.25, 0.3) is 11.8 Å². The van der Waals surface area contributed by atoms with Crippen LogP contribution in [-0.4, -0.2) is 45.7 Å². The molecule has 0 bridgehead atoms. The molecule has 5 rings (SSSR count). The normalized spacial score (nSPS) is 22.9. The minimum absolute atomic E-state index is 0.0127. The second-order valence-electron chi connectivity index (χ2n) is 9.05. The Morgan fingerprint density at radius 1 is 1.07 bits per heavy atom. The number of hydrogen-bond donors (Lipinski definition) is 0. The largest absolute Gasteiger partial charge is 0.338 e. The van der Waals surface area contributed by atoms with Gasteiger partial charge in [-0.15, -0.1) is 0 Å². The number of hydrogen-bond acceptors (Lipinski definition) is 3. The molecule has 1 aromatic carbocycles. The van der Waals surface area contributed by atoms with Crippen LogP contribution < -0.4 is 0 Å². The fourth-order valence-corrected chi connectivity index (χ4v) is 5.42. The first-order chi connectivity index (χ1) is 14.1. The number of amides is 2. The number of likely N-dealkylation sites (tertiary alicyclic amines) is 1. The van der Waals surface area contributed by atoms with E-state index in [1.54, 1.807) is 0 Å². The Hall–Kier alpha value is -2.43. The summed E-state index contributed by atoms with van der Waals surface area (Å²) >= 11 is 0. The highest BCUT2D eigenvalue weighted by Gasteiger charge is 2.39. The summed E-state index contributed by atoms with van der Waals surface area (Å²) in [4.78, 5) is 35.7. The number of fused-ring (bicyclic) bond motifs is 2. The van der Waals surface area contributed by atoms with Crippen molar-refractivity contribution in [3.05, 3.63) is 41.1 Å². The van der Waals surface area contributed by atoms with Gasteiger partial charge in [-0.2, -0.15) is 0 Å². The standard InChI is InChI=1S/C24H29N3O2/c1-16-8-7-13-26(14-16)23(28)21-18-11-5-6-12-20(18)25-22-19(21)15-27(24(22)29)17-9-3-2-4-10-17/h5-6,11-12,16-17H,2-4,7-10,13-15H2,1H3/t16-/m0/s1. The lowest BCUT2D eigenvalue weighted by molar-refractivity contribution is 0.0646. The first kappa shape index (κ1) is 18.6. The van der Waals surface area contributed by atoms with Gasteiger partial charge in [-0.3, -0.25) is 9.59 Å². The van der Waals surface area contributed by atoms with Gasteiger partial charge in [0.1, 0.15) is 5.69 Å². The fraction of sp³-hybridized carbons (Fsp3) is 0.542. The van der Waals surface area contributed by atoms with Crippen LogP contribution in [0.1, 0.15) is 78.3 Å². The summed E-state index contributed by atoms with van der Waals surface area (Å²) in [6.07, 6.45) is 7.95. The number of carbonyl (C=O) groups excluding carboxylic acids is 2. The van der Waals surface area contributed by atoms with E-state index in [1.807, 2.05) is 34.1 Å². The molecule has 0 radical (unpaired) electrons. The third-order valence-corrected chi connectivity index (χ3v) is 6.96. The van der Waals surface area contributed by atoms with Gasteiger partial charge in [-0.25, -0.2) is 4.98 Å². The summed E-state index contributed by atoms with van der Waals surface area (Å²) in [7, 11) is 0. The van der Waals surface area contributed by atoms with E-state index < -0.39 is 0 Å². The maximum absolute atomic E-state index is 13.7. The molecule has 3 heterocycles. The molecule has 1 saturated heterocycles. The van der Waals surface area contributed by atoms with Crippen molar-refractivity contribution in [3.8, 4) is 0 Å². The first-order valence-corrected chi connectivity index (χ1v) is 11.2. The lowest BCUT2D eigenvalue weighted by Crippen LogP contribution is -2.39. The van der Waals surface area contributed by atoms with Crippen LogP contribution in [0.4, 0.5) is 0 Å². The Bertz CT molecular complexity index is 964. The minimum Gasteiger partial charge on any atom is -0.338 e. The third kappa shape index (κ3) is 3.21. The predicted molar refractivity (Wildman–Crippen MR) is 113 cm³/mol. The summed E-state index contributed by atoms with van der Waals surface area (Å²) in [6, 6.07) is 8.07. The highest BCUT2D eigenvalue weighted by Crippen LogP contribution is 2.35. The molecule has 0 spiro atoms. The van der Waals surface area contributed by atoms with Gasteiger partial charge in [-0.1, -0.05) is 44.4 Å². The Balaban J connectivity index is 1.59. The zero-order chi connectivity index (χ0) is 20.0. The van der Waals surface area contributed by atoms with Crippen molar-refractivity contribution < 1.29 is 9.59 Å².